The summed E-state index contributed by atoms with van der Waals surface area (Å²) < 4.78 is 5.76. The van der Waals surface area contributed by atoms with Crippen LogP contribution in [-0.4, -0.2) is 17.4 Å². The number of amides is 1. The van der Waals surface area contributed by atoms with Crippen molar-refractivity contribution in [3.05, 3.63) is 77.8 Å². The maximum Gasteiger partial charge on any atom is 0.220 e. The van der Waals surface area contributed by atoms with Gasteiger partial charge >= 0.3 is 0 Å². The van der Waals surface area contributed by atoms with Gasteiger partial charge in [-0.15, -0.1) is 0 Å². The Balaban J connectivity index is 1.34. The second-order valence-corrected chi connectivity index (χ2v) is 6.78. The predicted molar refractivity (Wildman–Crippen MR) is 107 cm³/mol. The summed E-state index contributed by atoms with van der Waals surface area (Å²) in [6, 6.07) is 18.5. The normalized spacial score (nSPS) is 10.7. The van der Waals surface area contributed by atoms with E-state index in [0.717, 1.165) is 30.6 Å². The molecule has 0 aliphatic heterocycles. The van der Waals surface area contributed by atoms with Crippen molar-refractivity contribution in [1.82, 2.24) is 10.3 Å². The van der Waals surface area contributed by atoms with E-state index in [1.807, 2.05) is 30.3 Å². The molecule has 1 amide bonds. The van der Waals surface area contributed by atoms with Crippen molar-refractivity contribution in [2.24, 2.45) is 0 Å². The zero-order chi connectivity index (χ0) is 18.9. The summed E-state index contributed by atoms with van der Waals surface area (Å²) >= 11 is 0. The molecule has 1 N–H and O–H groups in total. The Bertz CT molecular complexity index is 838. The van der Waals surface area contributed by atoms with Gasteiger partial charge in [0.25, 0.3) is 0 Å². The SMILES string of the molecule is Cc1ccc(-c2cnc(CCC(=O)NCCCCc3ccccc3)o2)cc1. The molecule has 0 fully saturated rings. The lowest BCUT2D eigenvalue weighted by atomic mass is 10.1. The quantitative estimate of drug-likeness (QED) is 0.560. The highest BCUT2D eigenvalue weighted by molar-refractivity contribution is 5.76. The zero-order valence-corrected chi connectivity index (χ0v) is 15.8. The summed E-state index contributed by atoms with van der Waals surface area (Å²) in [5.74, 6) is 1.39. The fourth-order valence-corrected chi connectivity index (χ4v) is 2.91. The number of benzene rings is 2. The number of hydrogen-bond acceptors (Lipinski definition) is 3. The lowest BCUT2D eigenvalue weighted by Gasteiger charge is -2.04. The summed E-state index contributed by atoms with van der Waals surface area (Å²) in [6.45, 7) is 2.77. The Kier molecular flexibility index (Phi) is 6.80. The van der Waals surface area contributed by atoms with Crippen LogP contribution in [0.2, 0.25) is 0 Å². The third-order valence-electron chi connectivity index (χ3n) is 4.51. The van der Waals surface area contributed by atoms with Crippen LogP contribution in [0.15, 0.2) is 65.2 Å². The van der Waals surface area contributed by atoms with E-state index < -0.39 is 0 Å². The van der Waals surface area contributed by atoms with Gasteiger partial charge in [-0.3, -0.25) is 4.79 Å². The molecule has 0 spiro atoms. The van der Waals surface area contributed by atoms with Crippen LogP contribution in [0.25, 0.3) is 11.3 Å². The predicted octanol–water partition coefficient (Wildman–Crippen LogP) is 4.72. The van der Waals surface area contributed by atoms with Gasteiger partial charge in [-0.05, 0) is 31.7 Å². The molecule has 0 saturated heterocycles. The largest absolute Gasteiger partial charge is 0.441 e. The highest BCUT2D eigenvalue weighted by Gasteiger charge is 2.08. The van der Waals surface area contributed by atoms with E-state index in [-0.39, 0.29) is 5.91 Å². The van der Waals surface area contributed by atoms with Crippen molar-refractivity contribution in [3.8, 4) is 11.3 Å². The molecule has 4 nitrogen and oxygen atoms in total. The number of carbonyl (C=O) groups excluding carboxylic acids is 1. The van der Waals surface area contributed by atoms with Gasteiger partial charge < -0.3 is 9.73 Å². The first-order valence-electron chi connectivity index (χ1n) is 9.53. The molecule has 0 atom stereocenters. The summed E-state index contributed by atoms with van der Waals surface area (Å²) in [5, 5.41) is 2.98. The van der Waals surface area contributed by atoms with Crippen molar-refractivity contribution in [2.45, 2.75) is 39.0 Å². The van der Waals surface area contributed by atoms with E-state index in [2.05, 4.69) is 41.5 Å². The number of nitrogens with one attached hydrogen (secondary N) is 1. The Morgan fingerprint density at radius 1 is 1.00 bits per heavy atom. The van der Waals surface area contributed by atoms with E-state index in [1.165, 1.54) is 11.1 Å². The smallest absolute Gasteiger partial charge is 0.220 e. The first kappa shape index (κ1) is 18.9. The van der Waals surface area contributed by atoms with E-state index in [0.29, 0.717) is 25.3 Å². The molecule has 2 aromatic carbocycles. The van der Waals surface area contributed by atoms with E-state index >= 15 is 0 Å². The molecule has 3 aromatic rings. The molecule has 0 saturated carbocycles. The number of aryl methyl sites for hydroxylation is 3. The lowest BCUT2D eigenvalue weighted by molar-refractivity contribution is -0.121. The van der Waals surface area contributed by atoms with Crippen molar-refractivity contribution in [3.63, 3.8) is 0 Å². The molecule has 4 heteroatoms. The lowest BCUT2D eigenvalue weighted by Crippen LogP contribution is -2.24. The molecule has 140 valence electrons. The minimum Gasteiger partial charge on any atom is -0.441 e. The summed E-state index contributed by atoms with van der Waals surface area (Å²) in [5.41, 5.74) is 3.55. The van der Waals surface area contributed by atoms with Crippen molar-refractivity contribution in [1.29, 1.82) is 0 Å². The molecule has 0 unspecified atom stereocenters. The number of aromatic nitrogens is 1. The fourth-order valence-electron chi connectivity index (χ4n) is 2.91. The molecule has 0 radical (unpaired) electrons. The zero-order valence-electron chi connectivity index (χ0n) is 15.8. The van der Waals surface area contributed by atoms with Gasteiger partial charge in [0.15, 0.2) is 11.7 Å². The number of hydrogen-bond donors (Lipinski definition) is 1. The Hall–Kier alpha value is -2.88. The maximum absolute atomic E-state index is 12.0. The van der Waals surface area contributed by atoms with Crippen LogP contribution >= 0.6 is 0 Å². The van der Waals surface area contributed by atoms with E-state index in [4.69, 9.17) is 4.42 Å². The molecular weight excluding hydrogens is 336 g/mol. The average Bonchev–Trinajstić information content (AvgIpc) is 3.16. The first-order valence-corrected chi connectivity index (χ1v) is 9.53. The summed E-state index contributed by atoms with van der Waals surface area (Å²) in [4.78, 5) is 16.3. The van der Waals surface area contributed by atoms with Crippen LogP contribution in [0.3, 0.4) is 0 Å². The summed E-state index contributed by atoms with van der Waals surface area (Å²) in [7, 11) is 0. The third-order valence-corrected chi connectivity index (χ3v) is 4.51. The van der Waals surface area contributed by atoms with Crippen molar-refractivity contribution < 1.29 is 9.21 Å². The van der Waals surface area contributed by atoms with Gasteiger partial charge in [0, 0.05) is 24.9 Å². The van der Waals surface area contributed by atoms with Crippen LogP contribution in [0.5, 0.6) is 0 Å². The topological polar surface area (TPSA) is 55.1 Å². The van der Waals surface area contributed by atoms with Gasteiger partial charge in [-0.1, -0.05) is 60.2 Å². The highest BCUT2D eigenvalue weighted by atomic mass is 16.4. The molecule has 0 aliphatic carbocycles. The first-order chi connectivity index (χ1) is 13.2. The average molecular weight is 362 g/mol. The van der Waals surface area contributed by atoms with E-state index in [9.17, 15) is 4.79 Å². The number of carbonyl (C=O) groups is 1. The van der Waals surface area contributed by atoms with Crippen LogP contribution < -0.4 is 5.32 Å². The molecular formula is C23H26N2O2. The molecule has 27 heavy (non-hydrogen) atoms. The molecule has 1 aromatic heterocycles. The third kappa shape index (κ3) is 6.10. The van der Waals surface area contributed by atoms with Crippen LogP contribution in [-0.2, 0) is 17.6 Å². The second kappa shape index (κ2) is 9.72. The van der Waals surface area contributed by atoms with Gasteiger partial charge in [0.2, 0.25) is 5.91 Å². The number of unbranched alkanes of at least 4 members (excludes halogenated alkanes) is 1. The summed E-state index contributed by atoms with van der Waals surface area (Å²) in [6.07, 6.45) is 5.74. The highest BCUT2D eigenvalue weighted by Crippen LogP contribution is 2.21. The number of nitrogens with zero attached hydrogens (tertiary/aromatic N) is 1. The van der Waals surface area contributed by atoms with Crippen LogP contribution in [0, 0.1) is 6.92 Å². The number of oxazole rings is 1. The van der Waals surface area contributed by atoms with Gasteiger partial charge in [0.1, 0.15) is 0 Å². The van der Waals surface area contributed by atoms with Crippen LogP contribution in [0.1, 0.15) is 36.3 Å². The molecule has 0 bridgehead atoms. The van der Waals surface area contributed by atoms with Gasteiger partial charge in [-0.2, -0.15) is 0 Å². The monoisotopic (exact) mass is 362 g/mol. The minimum absolute atomic E-state index is 0.0461. The maximum atomic E-state index is 12.0. The Morgan fingerprint density at radius 3 is 2.56 bits per heavy atom. The molecule has 0 aliphatic rings. The van der Waals surface area contributed by atoms with Gasteiger partial charge in [-0.25, -0.2) is 4.98 Å². The second-order valence-electron chi connectivity index (χ2n) is 6.78. The van der Waals surface area contributed by atoms with Crippen molar-refractivity contribution in [2.75, 3.05) is 6.54 Å². The van der Waals surface area contributed by atoms with Gasteiger partial charge in [0.05, 0.1) is 6.20 Å². The number of rotatable bonds is 9. The molecule has 1 heterocycles. The minimum atomic E-state index is 0.0461. The van der Waals surface area contributed by atoms with E-state index in [1.54, 1.807) is 6.20 Å². The standard InChI is InChI=1S/C23H26N2O2/c1-18-10-12-20(13-11-18)21-17-25-23(27-21)15-14-22(26)24-16-6-5-9-19-7-3-2-4-8-19/h2-4,7-8,10-13,17H,5-6,9,14-16H2,1H3,(H,24,26). The van der Waals surface area contributed by atoms with Crippen LogP contribution in [0.4, 0.5) is 0 Å². The molecule has 3 rings (SSSR count). The van der Waals surface area contributed by atoms with Crippen molar-refractivity contribution >= 4 is 5.91 Å². The fraction of sp³-hybridized carbons (Fsp3) is 0.304. The Morgan fingerprint density at radius 2 is 1.78 bits per heavy atom. The Labute approximate surface area is 160 Å².